The van der Waals surface area contributed by atoms with Crippen molar-refractivity contribution in [2.24, 2.45) is 5.92 Å². The molecule has 20 heavy (non-hydrogen) atoms. The van der Waals surface area contributed by atoms with E-state index in [2.05, 4.69) is 10.6 Å². The molecule has 0 atom stereocenters. The molecule has 1 aromatic carbocycles. The van der Waals surface area contributed by atoms with Gasteiger partial charge in [0.15, 0.2) is 0 Å². The molecule has 1 aliphatic carbocycles. The number of nitrogens with one attached hydrogen (secondary N) is 2. The lowest BCUT2D eigenvalue weighted by Crippen LogP contribution is -2.35. The van der Waals surface area contributed by atoms with E-state index in [-0.39, 0.29) is 23.5 Å². The number of carbonyl (C=O) groups excluding carboxylic acids is 2. The SMILES string of the molecule is O=C(CCc1cccc(F)c1)NCCNC(=O)C1CC1. The summed E-state index contributed by atoms with van der Waals surface area (Å²) in [5, 5.41) is 5.51. The van der Waals surface area contributed by atoms with Crippen molar-refractivity contribution in [2.75, 3.05) is 13.1 Å². The van der Waals surface area contributed by atoms with Crippen LogP contribution in [0, 0.1) is 11.7 Å². The molecular formula is C15H19FN2O2. The highest BCUT2D eigenvalue weighted by Gasteiger charge is 2.28. The molecule has 0 aliphatic heterocycles. The number of hydrogen-bond acceptors (Lipinski definition) is 2. The van der Waals surface area contributed by atoms with Crippen LogP contribution in [-0.4, -0.2) is 24.9 Å². The van der Waals surface area contributed by atoms with Crippen molar-refractivity contribution in [3.8, 4) is 0 Å². The largest absolute Gasteiger partial charge is 0.354 e. The number of hydrogen-bond donors (Lipinski definition) is 2. The molecule has 108 valence electrons. The zero-order chi connectivity index (χ0) is 14.4. The zero-order valence-electron chi connectivity index (χ0n) is 11.3. The van der Waals surface area contributed by atoms with Crippen LogP contribution in [0.2, 0.25) is 0 Å². The Morgan fingerprint density at radius 2 is 1.95 bits per heavy atom. The molecule has 1 saturated carbocycles. The first-order chi connectivity index (χ1) is 9.65. The van der Waals surface area contributed by atoms with E-state index in [9.17, 15) is 14.0 Å². The van der Waals surface area contributed by atoms with Gasteiger partial charge in [-0.1, -0.05) is 12.1 Å². The van der Waals surface area contributed by atoms with Crippen molar-refractivity contribution in [3.63, 3.8) is 0 Å². The lowest BCUT2D eigenvalue weighted by Gasteiger charge is -2.07. The van der Waals surface area contributed by atoms with Gasteiger partial charge >= 0.3 is 0 Å². The average molecular weight is 278 g/mol. The minimum Gasteiger partial charge on any atom is -0.354 e. The van der Waals surface area contributed by atoms with E-state index < -0.39 is 0 Å². The summed E-state index contributed by atoms with van der Waals surface area (Å²) < 4.78 is 12.9. The Labute approximate surface area is 117 Å². The van der Waals surface area contributed by atoms with Crippen LogP contribution in [0.1, 0.15) is 24.8 Å². The maximum absolute atomic E-state index is 12.9. The van der Waals surface area contributed by atoms with Crippen LogP contribution >= 0.6 is 0 Å². The zero-order valence-corrected chi connectivity index (χ0v) is 11.3. The van der Waals surface area contributed by atoms with Gasteiger partial charge in [0.25, 0.3) is 0 Å². The van der Waals surface area contributed by atoms with Crippen LogP contribution in [0.25, 0.3) is 0 Å². The topological polar surface area (TPSA) is 58.2 Å². The van der Waals surface area contributed by atoms with E-state index in [1.165, 1.54) is 12.1 Å². The van der Waals surface area contributed by atoms with Crippen molar-refractivity contribution in [3.05, 3.63) is 35.6 Å². The Morgan fingerprint density at radius 1 is 1.20 bits per heavy atom. The molecular weight excluding hydrogens is 259 g/mol. The van der Waals surface area contributed by atoms with Crippen molar-refractivity contribution in [2.45, 2.75) is 25.7 Å². The molecule has 4 nitrogen and oxygen atoms in total. The van der Waals surface area contributed by atoms with Gasteiger partial charge in [0.05, 0.1) is 0 Å². The fourth-order valence-corrected chi connectivity index (χ4v) is 1.92. The quantitative estimate of drug-likeness (QED) is 0.741. The van der Waals surface area contributed by atoms with Crippen molar-refractivity contribution < 1.29 is 14.0 Å². The van der Waals surface area contributed by atoms with Crippen LogP contribution < -0.4 is 10.6 Å². The smallest absolute Gasteiger partial charge is 0.223 e. The van der Waals surface area contributed by atoms with E-state index in [0.717, 1.165) is 18.4 Å². The third kappa shape index (κ3) is 4.99. The Bertz CT molecular complexity index is 487. The highest BCUT2D eigenvalue weighted by Crippen LogP contribution is 2.28. The third-order valence-corrected chi connectivity index (χ3v) is 3.22. The number of amides is 2. The van der Waals surface area contributed by atoms with E-state index in [1.54, 1.807) is 12.1 Å². The highest BCUT2D eigenvalue weighted by atomic mass is 19.1. The van der Waals surface area contributed by atoms with Crippen LogP contribution in [0.3, 0.4) is 0 Å². The van der Waals surface area contributed by atoms with Crippen LogP contribution in [0.5, 0.6) is 0 Å². The summed E-state index contributed by atoms with van der Waals surface area (Å²) in [6.45, 7) is 0.890. The molecule has 1 fully saturated rings. The molecule has 1 aliphatic rings. The Kier molecular flexibility index (Phi) is 5.09. The Morgan fingerprint density at radius 3 is 2.65 bits per heavy atom. The minimum absolute atomic E-state index is 0.0824. The van der Waals surface area contributed by atoms with Gasteiger partial charge in [0.2, 0.25) is 11.8 Å². The molecule has 1 aromatic rings. The standard InChI is InChI=1S/C15H19FN2O2/c16-13-3-1-2-11(10-13)4-7-14(19)17-8-9-18-15(20)12-5-6-12/h1-3,10,12H,4-9H2,(H,17,19)(H,18,20). The number of rotatable bonds is 7. The first-order valence-corrected chi connectivity index (χ1v) is 6.94. The van der Waals surface area contributed by atoms with Gasteiger partial charge in [0.1, 0.15) is 5.82 Å². The maximum Gasteiger partial charge on any atom is 0.223 e. The van der Waals surface area contributed by atoms with Crippen LogP contribution in [0.4, 0.5) is 4.39 Å². The number of benzene rings is 1. The summed E-state index contributed by atoms with van der Waals surface area (Å²) in [5.74, 6) is -0.0988. The minimum atomic E-state index is -0.286. The van der Waals surface area contributed by atoms with Crippen LogP contribution in [0.15, 0.2) is 24.3 Å². The van der Waals surface area contributed by atoms with E-state index in [0.29, 0.717) is 25.9 Å². The Hall–Kier alpha value is -1.91. The normalized spacial score (nSPS) is 13.8. The summed E-state index contributed by atoms with van der Waals surface area (Å²) in [7, 11) is 0. The number of halogens is 1. The van der Waals surface area contributed by atoms with Crippen molar-refractivity contribution in [1.82, 2.24) is 10.6 Å². The molecule has 2 N–H and O–H groups in total. The van der Waals surface area contributed by atoms with Crippen molar-refractivity contribution in [1.29, 1.82) is 0 Å². The molecule has 2 rings (SSSR count). The summed E-state index contributed by atoms with van der Waals surface area (Å²) >= 11 is 0. The summed E-state index contributed by atoms with van der Waals surface area (Å²) in [5.41, 5.74) is 0.808. The van der Waals surface area contributed by atoms with Gasteiger partial charge < -0.3 is 10.6 Å². The predicted molar refractivity (Wildman–Crippen MR) is 73.5 cm³/mol. The lowest BCUT2D eigenvalue weighted by molar-refractivity contribution is -0.123. The predicted octanol–water partition coefficient (Wildman–Crippen LogP) is 1.40. The van der Waals surface area contributed by atoms with Gasteiger partial charge in [-0.25, -0.2) is 4.39 Å². The molecule has 2 amide bonds. The second kappa shape index (κ2) is 7.03. The molecule has 0 unspecified atom stereocenters. The number of aryl methyl sites for hydroxylation is 1. The first-order valence-electron chi connectivity index (χ1n) is 6.94. The van der Waals surface area contributed by atoms with Gasteiger partial charge in [0, 0.05) is 25.4 Å². The maximum atomic E-state index is 12.9. The van der Waals surface area contributed by atoms with E-state index >= 15 is 0 Å². The van der Waals surface area contributed by atoms with Gasteiger partial charge in [-0.05, 0) is 37.0 Å². The number of carbonyl (C=O) groups is 2. The summed E-state index contributed by atoms with van der Waals surface area (Å²) in [6.07, 6.45) is 2.79. The molecule has 0 saturated heterocycles. The second-order valence-electron chi connectivity index (χ2n) is 5.05. The molecule has 0 radical (unpaired) electrons. The van der Waals surface area contributed by atoms with Gasteiger partial charge in [-0.2, -0.15) is 0 Å². The lowest BCUT2D eigenvalue weighted by atomic mass is 10.1. The third-order valence-electron chi connectivity index (χ3n) is 3.22. The average Bonchev–Trinajstić information content (AvgIpc) is 3.26. The van der Waals surface area contributed by atoms with E-state index in [4.69, 9.17) is 0 Å². The molecule has 0 aromatic heterocycles. The second-order valence-corrected chi connectivity index (χ2v) is 5.05. The van der Waals surface area contributed by atoms with Gasteiger partial charge in [-0.3, -0.25) is 9.59 Å². The molecule has 0 bridgehead atoms. The Balaban J connectivity index is 1.57. The summed E-state index contributed by atoms with van der Waals surface area (Å²) in [4.78, 5) is 22.9. The monoisotopic (exact) mass is 278 g/mol. The van der Waals surface area contributed by atoms with Gasteiger partial charge in [-0.15, -0.1) is 0 Å². The fourth-order valence-electron chi connectivity index (χ4n) is 1.92. The first kappa shape index (κ1) is 14.5. The van der Waals surface area contributed by atoms with E-state index in [1.807, 2.05) is 0 Å². The molecule has 0 heterocycles. The molecule has 5 heteroatoms. The molecule has 0 spiro atoms. The highest BCUT2D eigenvalue weighted by molar-refractivity contribution is 5.81. The van der Waals surface area contributed by atoms with Crippen LogP contribution in [-0.2, 0) is 16.0 Å². The van der Waals surface area contributed by atoms with Crippen molar-refractivity contribution >= 4 is 11.8 Å². The summed E-state index contributed by atoms with van der Waals surface area (Å²) in [6, 6.07) is 6.25. The fraction of sp³-hybridized carbons (Fsp3) is 0.467.